The standard InChI is InChI=1S/C21H22BrN5O4S/c22-19-5-4-17(32(29,30)27-11-13-31-14-12-27)15-18(19)21(28)24-20-7-10-26(25-20)9-6-16-3-1-2-8-23-16/h1-5,7-8,10,15H,6,9,11-14H2,(H,24,25,28). The molecule has 0 atom stereocenters. The molecule has 0 radical (unpaired) electrons. The Morgan fingerprint density at radius 3 is 2.72 bits per heavy atom. The minimum absolute atomic E-state index is 0.0636. The first kappa shape index (κ1) is 22.6. The first-order chi connectivity index (χ1) is 15.4. The average Bonchev–Trinajstić information content (AvgIpc) is 3.26. The lowest BCUT2D eigenvalue weighted by Gasteiger charge is -2.26. The van der Waals surface area contributed by atoms with Gasteiger partial charge in [0, 0.05) is 54.7 Å². The van der Waals surface area contributed by atoms with Crippen molar-refractivity contribution in [1.29, 1.82) is 0 Å². The number of amides is 1. The number of sulfonamides is 1. The zero-order valence-corrected chi connectivity index (χ0v) is 19.5. The maximum atomic E-state index is 12.9. The number of hydrogen-bond donors (Lipinski definition) is 1. The fourth-order valence-electron chi connectivity index (χ4n) is 3.29. The van der Waals surface area contributed by atoms with E-state index in [9.17, 15) is 13.2 Å². The van der Waals surface area contributed by atoms with Crippen molar-refractivity contribution in [3.8, 4) is 0 Å². The van der Waals surface area contributed by atoms with Crippen molar-refractivity contribution in [2.24, 2.45) is 0 Å². The first-order valence-electron chi connectivity index (χ1n) is 10.1. The molecule has 9 nitrogen and oxygen atoms in total. The van der Waals surface area contributed by atoms with E-state index < -0.39 is 15.9 Å². The van der Waals surface area contributed by atoms with Crippen LogP contribution in [0.4, 0.5) is 5.82 Å². The quantitative estimate of drug-likeness (QED) is 0.514. The van der Waals surface area contributed by atoms with Crippen LogP contribution in [0.5, 0.6) is 0 Å². The van der Waals surface area contributed by atoms with Crippen LogP contribution in [0.2, 0.25) is 0 Å². The Bertz CT molecular complexity index is 1190. The number of hydrogen-bond acceptors (Lipinski definition) is 6. The van der Waals surface area contributed by atoms with Crippen molar-refractivity contribution in [3.63, 3.8) is 0 Å². The number of rotatable bonds is 7. The van der Waals surface area contributed by atoms with Gasteiger partial charge in [-0.3, -0.25) is 14.5 Å². The molecule has 0 bridgehead atoms. The third kappa shape index (κ3) is 5.23. The van der Waals surface area contributed by atoms with E-state index in [1.807, 2.05) is 18.2 Å². The number of halogens is 1. The molecule has 0 aliphatic carbocycles. The van der Waals surface area contributed by atoms with Crippen LogP contribution in [-0.4, -0.2) is 59.7 Å². The summed E-state index contributed by atoms with van der Waals surface area (Å²) < 4.78 is 34.7. The molecular formula is C21H22BrN5O4S. The average molecular weight is 520 g/mol. The van der Waals surface area contributed by atoms with E-state index in [1.54, 1.807) is 29.2 Å². The third-order valence-electron chi connectivity index (χ3n) is 5.00. The number of aryl methyl sites for hydroxylation is 2. The second kappa shape index (κ2) is 9.90. The van der Waals surface area contributed by atoms with E-state index in [1.165, 1.54) is 16.4 Å². The molecule has 1 amide bonds. The smallest absolute Gasteiger partial charge is 0.258 e. The van der Waals surface area contributed by atoms with Crippen LogP contribution >= 0.6 is 15.9 Å². The zero-order valence-electron chi connectivity index (χ0n) is 17.1. The fourth-order valence-corrected chi connectivity index (χ4v) is 5.15. The van der Waals surface area contributed by atoms with E-state index in [0.29, 0.717) is 36.5 Å². The van der Waals surface area contributed by atoms with E-state index in [2.05, 4.69) is 31.3 Å². The highest BCUT2D eigenvalue weighted by Crippen LogP contribution is 2.24. The number of morpholine rings is 1. The molecule has 0 saturated carbocycles. The van der Waals surface area contributed by atoms with Crippen LogP contribution in [0, 0.1) is 0 Å². The lowest BCUT2D eigenvalue weighted by Crippen LogP contribution is -2.40. The van der Waals surface area contributed by atoms with Gasteiger partial charge in [0.1, 0.15) is 0 Å². The van der Waals surface area contributed by atoms with Gasteiger partial charge >= 0.3 is 0 Å². The van der Waals surface area contributed by atoms with Crippen LogP contribution in [0.15, 0.2) is 64.2 Å². The van der Waals surface area contributed by atoms with Gasteiger partial charge in [0.25, 0.3) is 5.91 Å². The van der Waals surface area contributed by atoms with Gasteiger partial charge in [0.05, 0.1) is 23.7 Å². The Kier molecular flexibility index (Phi) is 6.99. The van der Waals surface area contributed by atoms with Crippen molar-refractivity contribution in [3.05, 3.63) is 70.6 Å². The second-order valence-electron chi connectivity index (χ2n) is 7.15. The maximum Gasteiger partial charge on any atom is 0.258 e. The normalized spacial score (nSPS) is 14.9. The van der Waals surface area contributed by atoms with E-state index in [4.69, 9.17) is 4.74 Å². The highest BCUT2D eigenvalue weighted by molar-refractivity contribution is 9.10. The van der Waals surface area contributed by atoms with Gasteiger partial charge in [-0.05, 0) is 46.3 Å². The van der Waals surface area contributed by atoms with Crippen LogP contribution in [0.3, 0.4) is 0 Å². The first-order valence-corrected chi connectivity index (χ1v) is 12.3. The topological polar surface area (TPSA) is 106 Å². The zero-order chi connectivity index (χ0) is 22.6. The highest BCUT2D eigenvalue weighted by atomic mass is 79.9. The summed E-state index contributed by atoms with van der Waals surface area (Å²) in [5.41, 5.74) is 1.16. The number of nitrogens with one attached hydrogen (secondary N) is 1. The molecule has 4 rings (SSSR count). The monoisotopic (exact) mass is 519 g/mol. The Morgan fingerprint density at radius 2 is 1.97 bits per heavy atom. The number of carbonyl (C=O) groups excluding carboxylic acids is 1. The molecule has 1 saturated heterocycles. The van der Waals surface area contributed by atoms with Gasteiger partial charge in [0.2, 0.25) is 10.0 Å². The largest absolute Gasteiger partial charge is 0.379 e. The van der Waals surface area contributed by atoms with Gasteiger partial charge in [-0.25, -0.2) is 8.42 Å². The van der Waals surface area contributed by atoms with Crippen molar-refractivity contribution in [2.75, 3.05) is 31.6 Å². The van der Waals surface area contributed by atoms with Gasteiger partial charge < -0.3 is 10.1 Å². The van der Waals surface area contributed by atoms with Crippen molar-refractivity contribution < 1.29 is 17.9 Å². The molecule has 1 aliphatic rings. The summed E-state index contributed by atoms with van der Waals surface area (Å²) in [5.74, 6) is -0.0739. The minimum atomic E-state index is -3.71. The Morgan fingerprint density at radius 1 is 1.16 bits per heavy atom. The molecule has 32 heavy (non-hydrogen) atoms. The molecule has 168 valence electrons. The van der Waals surface area contributed by atoms with E-state index in [0.717, 1.165) is 5.69 Å². The lowest BCUT2D eigenvalue weighted by atomic mass is 10.2. The van der Waals surface area contributed by atoms with Gasteiger partial charge in [-0.15, -0.1) is 0 Å². The van der Waals surface area contributed by atoms with Crippen LogP contribution in [-0.2, 0) is 27.7 Å². The summed E-state index contributed by atoms with van der Waals surface area (Å²) in [6.07, 6.45) is 4.23. The summed E-state index contributed by atoms with van der Waals surface area (Å²) in [6.45, 7) is 1.90. The van der Waals surface area contributed by atoms with Crippen LogP contribution in [0.1, 0.15) is 16.1 Å². The Hall–Kier alpha value is -2.60. The van der Waals surface area contributed by atoms with Crippen LogP contribution in [0.25, 0.3) is 0 Å². The third-order valence-corrected chi connectivity index (χ3v) is 7.58. The van der Waals surface area contributed by atoms with E-state index >= 15 is 0 Å². The summed E-state index contributed by atoms with van der Waals surface area (Å²) in [5, 5.41) is 7.10. The number of carbonyl (C=O) groups is 1. The number of ether oxygens (including phenoxy) is 1. The Labute approximate surface area is 194 Å². The molecule has 1 fully saturated rings. The number of anilines is 1. The fraction of sp³-hybridized carbons (Fsp3) is 0.286. The predicted octanol–water partition coefficient (Wildman–Crippen LogP) is 2.56. The van der Waals surface area contributed by atoms with Gasteiger partial charge in [-0.1, -0.05) is 6.07 Å². The number of nitrogens with zero attached hydrogens (tertiary/aromatic N) is 4. The maximum absolute atomic E-state index is 12.9. The van der Waals surface area contributed by atoms with Gasteiger partial charge in [0.15, 0.2) is 5.82 Å². The molecule has 0 unspecified atom stereocenters. The number of pyridine rings is 1. The van der Waals surface area contributed by atoms with E-state index in [-0.39, 0.29) is 23.5 Å². The molecule has 3 aromatic rings. The van der Waals surface area contributed by atoms with Gasteiger partial charge in [-0.2, -0.15) is 9.40 Å². The molecule has 0 spiro atoms. The highest BCUT2D eigenvalue weighted by Gasteiger charge is 2.27. The second-order valence-corrected chi connectivity index (χ2v) is 9.94. The lowest BCUT2D eigenvalue weighted by molar-refractivity contribution is 0.0730. The molecule has 11 heteroatoms. The number of benzene rings is 1. The molecule has 1 N–H and O–H groups in total. The van der Waals surface area contributed by atoms with Crippen LogP contribution < -0.4 is 5.32 Å². The number of aromatic nitrogens is 3. The summed E-state index contributed by atoms with van der Waals surface area (Å²) in [7, 11) is -3.71. The molecule has 1 aliphatic heterocycles. The van der Waals surface area contributed by atoms with Crippen molar-refractivity contribution in [2.45, 2.75) is 17.9 Å². The van der Waals surface area contributed by atoms with Crippen molar-refractivity contribution in [1.82, 2.24) is 19.1 Å². The predicted molar refractivity (Wildman–Crippen MR) is 122 cm³/mol. The molecular weight excluding hydrogens is 498 g/mol. The van der Waals surface area contributed by atoms with Crippen molar-refractivity contribution >= 4 is 37.7 Å². The Balaban J connectivity index is 1.45. The summed E-state index contributed by atoms with van der Waals surface area (Å²) in [6, 6.07) is 11.9. The summed E-state index contributed by atoms with van der Waals surface area (Å²) >= 11 is 3.34. The molecule has 1 aromatic carbocycles. The SMILES string of the molecule is O=C(Nc1ccn(CCc2ccccn2)n1)c1cc(S(=O)(=O)N2CCOCC2)ccc1Br. The molecule has 3 heterocycles. The summed E-state index contributed by atoms with van der Waals surface area (Å²) in [4.78, 5) is 17.2. The minimum Gasteiger partial charge on any atom is -0.379 e. The molecule has 2 aromatic heterocycles.